The second-order valence-electron chi connectivity index (χ2n) is 5.84. The Bertz CT molecular complexity index is 473. The van der Waals surface area contributed by atoms with Crippen molar-refractivity contribution in [2.24, 2.45) is 0 Å². The number of carboxylic acids is 1. The number of hydrogen-bond donors (Lipinski definition) is 1. The van der Waals surface area contributed by atoms with E-state index in [1.165, 1.54) is 0 Å². The Morgan fingerprint density at radius 1 is 1.37 bits per heavy atom. The van der Waals surface area contributed by atoms with E-state index < -0.39 is 5.97 Å². The van der Waals surface area contributed by atoms with Crippen LogP contribution in [0.15, 0.2) is 24.3 Å². The number of rotatable bonds is 5. The second-order valence-corrected chi connectivity index (χ2v) is 5.84. The minimum absolute atomic E-state index is 0.110. The van der Waals surface area contributed by atoms with Crippen LogP contribution in [0.5, 0.6) is 5.75 Å². The average molecular weight is 261 g/mol. The molecule has 4 heteroatoms. The molecule has 0 aromatic heterocycles. The van der Waals surface area contributed by atoms with Crippen LogP contribution in [-0.2, 0) is 10.2 Å². The molecule has 0 bridgehead atoms. The van der Waals surface area contributed by atoms with Gasteiger partial charge in [-0.05, 0) is 37.6 Å². The van der Waals surface area contributed by atoms with Crippen molar-refractivity contribution >= 4 is 5.97 Å². The minimum atomic E-state index is -0.713. The van der Waals surface area contributed by atoms with Crippen molar-refractivity contribution in [2.75, 3.05) is 20.1 Å². The van der Waals surface area contributed by atoms with Crippen LogP contribution < -0.4 is 4.74 Å². The lowest BCUT2D eigenvalue weighted by molar-refractivity contribution is -0.137. The predicted molar refractivity (Wildman–Crippen MR) is 71.5 cm³/mol. The van der Waals surface area contributed by atoms with E-state index >= 15 is 0 Å². The predicted octanol–water partition coefficient (Wildman–Crippen LogP) is 1.89. The van der Waals surface area contributed by atoms with Gasteiger partial charge in [0.05, 0.1) is 6.42 Å². The quantitative estimate of drug-likeness (QED) is 0.879. The molecule has 0 amide bonds. The van der Waals surface area contributed by atoms with Gasteiger partial charge in [0.1, 0.15) is 11.9 Å². The molecule has 1 aliphatic carbocycles. The molecule has 1 N–H and O–H groups in total. The van der Waals surface area contributed by atoms with Crippen molar-refractivity contribution in [3.63, 3.8) is 0 Å². The summed E-state index contributed by atoms with van der Waals surface area (Å²) in [5.41, 5.74) is 1.02. The smallest absolute Gasteiger partial charge is 0.304 e. The fourth-order valence-electron chi connectivity index (χ4n) is 2.80. The summed E-state index contributed by atoms with van der Waals surface area (Å²) < 4.78 is 5.83. The van der Waals surface area contributed by atoms with Gasteiger partial charge in [0.2, 0.25) is 0 Å². The fourth-order valence-corrected chi connectivity index (χ4v) is 2.80. The van der Waals surface area contributed by atoms with Crippen LogP contribution in [0, 0.1) is 0 Å². The van der Waals surface area contributed by atoms with Crippen LogP contribution in [0.2, 0.25) is 0 Å². The Kier molecular flexibility index (Phi) is 2.97. The largest absolute Gasteiger partial charge is 0.488 e. The van der Waals surface area contributed by atoms with Gasteiger partial charge in [0.15, 0.2) is 0 Å². The topological polar surface area (TPSA) is 49.8 Å². The fraction of sp³-hybridized carbons (Fsp3) is 0.533. The molecule has 1 aromatic carbocycles. The molecule has 0 unspecified atom stereocenters. The van der Waals surface area contributed by atoms with E-state index in [1.54, 1.807) is 0 Å². The molecule has 0 atom stereocenters. The zero-order chi connectivity index (χ0) is 13.5. The molecular formula is C15H19NO3. The van der Waals surface area contributed by atoms with E-state index in [2.05, 4.69) is 11.9 Å². The van der Waals surface area contributed by atoms with Gasteiger partial charge in [-0.25, -0.2) is 0 Å². The van der Waals surface area contributed by atoms with Crippen LogP contribution in [0.3, 0.4) is 0 Å². The zero-order valence-electron chi connectivity index (χ0n) is 11.1. The summed E-state index contributed by atoms with van der Waals surface area (Å²) in [5.74, 6) is 0.170. The zero-order valence-corrected chi connectivity index (χ0v) is 11.1. The number of likely N-dealkylation sites (N-methyl/N-ethyl adjacent to an activating group) is 1. The third-order valence-electron chi connectivity index (χ3n) is 4.14. The summed E-state index contributed by atoms with van der Waals surface area (Å²) in [4.78, 5) is 13.1. The lowest BCUT2D eigenvalue weighted by Gasteiger charge is -2.36. The molecule has 0 spiro atoms. The third-order valence-corrected chi connectivity index (χ3v) is 4.14. The molecule has 2 fully saturated rings. The number of carbonyl (C=O) groups is 1. The maximum atomic E-state index is 10.9. The van der Waals surface area contributed by atoms with Crippen molar-refractivity contribution in [3.05, 3.63) is 29.8 Å². The molecule has 4 nitrogen and oxygen atoms in total. The first-order valence-electron chi connectivity index (χ1n) is 6.75. The molecule has 0 radical (unpaired) electrons. The van der Waals surface area contributed by atoms with Crippen molar-refractivity contribution < 1.29 is 14.6 Å². The maximum Gasteiger partial charge on any atom is 0.304 e. The van der Waals surface area contributed by atoms with Gasteiger partial charge in [0, 0.05) is 18.5 Å². The van der Waals surface area contributed by atoms with E-state index in [9.17, 15) is 4.79 Å². The van der Waals surface area contributed by atoms with Crippen molar-refractivity contribution in [3.8, 4) is 5.75 Å². The molecule has 1 saturated carbocycles. The van der Waals surface area contributed by atoms with E-state index in [1.807, 2.05) is 24.3 Å². The molecule has 1 aromatic rings. The van der Waals surface area contributed by atoms with Gasteiger partial charge in [-0.15, -0.1) is 0 Å². The molecule has 1 heterocycles. The van der Waals surface area contributed by atoms with Gasteiger partial charge >= 0.3 is 5.97 Å². The summed E-state index contributed by atoms with van der Waals surface area (Å²) in [7, 11) is 2.08. The van der Waals surface area contributed by atoms with Gasteiger partial charge in [-0.2, -0.15) is 0 Å². The highest BCUT2D eigenvalue weighted by molar-refractivity contribution is 5.70. The van der Waals surface area contributed by atoms with Crippen LogP contribution in [0.25, 0.3) is 0 Å². The Morgan fingerprint density at radius 2 is 2.00 bits per heavy atom. The van der Waals surface area contributed by atoms with Crippen molar-refractivity contribution in [1.82, 2.24) is 4.90 Å². The molecule has 1 aliphatic heterocycles. The first-order chi connectivity index (χ1) is 9.07. The average Bonchev–Trinajstić information content (AvgIpc) is 3.08. The molecule has 19 heavy (non-hydrogen) atoms. The monoisotopic (exact) mass is 261 g/mol. The number of nitrogens with zero attached hydrogens (tertiary/aromatic N) is 1. The van der Waals surface area contributed by atoms with Crippen LogP contribution >= 0.6 is 0 Å². The highest BCUT2D eigenvalue weighted by Crippen LogP contribution is 2.51. The summed E-state index contributed by atoms with van der Waals surface area (Å²) in [6, 6.07) is 7.98. The van der Waals surface area contributed by atoms with Gasteiger partial charge in [0.25, 0.3) is 0 Å². The molecular weight excluding hydrogens is 242 g/mol. The number of aliphatic carboxylic acids is 1. The van der Waals surface area contributed by atoms with Crippen LogP contribution in [0.4, 0.5) is 0 Å². The summed E-state index contributed by atoms with van der Waals surface area (Å²) in [6.07, 6.45) is 2.49. The number of ether oxygens (including phenoxy) is 1. The molecule has 2 aliphatic rings. The number of likely N-dealkylation sites (tertiary alicyclic amines) is 1. The standard InChI is InChI=1S/C15H19NO3/c1-16-9-13(10-16)19-12-4-2-11(3-5-12)15(6-7-15)8-14(17)18/h2-5,13H,6-10H2,1H3,(H,17,18). The number of benzene rings is 1. The van der Waals surface area contributed by atoms with E-state index in [-0.39, 0.29) is 11.8 Å². The third kappa shape index (κ3) is 2.59. The number of carboxylic acid groups (broad SMARTS) is 1. The highest BCUT2D eigenvalue weighted by Gasteiger charge is 2.45. The molecule has 3 rings (SSSR count). The first kappa shape index (κ1) is 12.5. The normalized spacial score (nSPS) is 21.7. The van der Waals surface area contributed by atoms with E-state index in [0.29, 0.717) is 6.10 Å². The lowest BCUT2D eigenvalue weighted by Crippen LogP contribution is -2.51. The van der Waals surface area contributed by atoms with Crippen molar-refractivity contribution in [1.29, 1.82) is 0 Å². The SMILES string of the molecule is CN1CC(Oc2ccc(C3(CC(=O)O)CC3)cc2)C1. The summed E-state index contributed by atoms with van der Waals surface area (Å²) >= 11 is 0. The van der Waals surface area contributed by atoms with Crippen LogP contribution in [0.1, 0.15) is 24.8 Å². The van der Waals surface area contributed by atoms with Gasteiger partial charge in [-0.1, -0.05) is 12.1 Å². The Morgan fingerprint density at radius 3 is 2.47 bits per heavy atom. The highest BCUT2D eigenvalue weighted by atomic mass is 16.5. The lowest BCUT2D eigenvalue weighted by atomic mass is 9.92. The Labute approximate surface area is 113 Å². The van der Waals surface area contributed by atoms with Gasteiger partial charge in [-0.3, -0.25) is 9.69 Å². The maximum absolute atomic E-state index is 10.9. The number of hydrogen-bond acceptors (Lipinski definition) is 3. The van der Waals surface area contributed by atoms with Gasteiger partial charge < -0.3 is 9.84 Å². The van der Waals surface area contributed by atoms with Crippen molar-refractivity contribution in [2.45, 2.75) is 30.8 Å². The minimum Gasteiger partial charge on any atom is -0.488 e. The second kappa shape index (κ2) is 4.53. The van der Waals surface area contributed by atoms with E-state index in [0.717, 1.165) is 37.2 Å². The van der Waals surface area contributed by atoms with E-state index in [4.69, 9.17) is 9.84 Å². The molecule has 102 valence electrons. The Balaban J connectivity index is 1.64. The first-order valence-corrected chi connectivity index (χ1v) is 6.75. The summed E-state index contributed by atoms with van der Waals surface area (Å²) in [6.45, 7) is 1.95. The van der Waals surface area contributed by atoms with Crippen LogP contribution in [-0.4, -0.2) is 42.2 Å². The summed E-state index contributed by atoms with van der Waals surface area (Å²) in [5, 5.41) is 8.96. The molecule has 1 saturated heterocycles. The Hall–Kier alpha value is -1.55.